The van der Waals surface area contributed by atoms with Crippen LogP contribution in [0.5, 0.6) is 0 Å². The van der Waals surface area contributed by atoms with E-state index in [0.717, 1.165) is 13.3 Å². The Labute approximate surface area is 161 Å². The smallest absolute Gasteiger partial charge is 0.374 e. The van der Waals surface area contributed by atoms with Gasteiger partial charge in [0.2, 0.25) is 6.10 Å². The first-order valence-electron chi connectivity index (χ1n) is 8.76. The zero-order valence-electron chi connectivity index (χ0n) is 15.9. The molecule has 2 amide bonds. The third-order valence-corrected chi connectivity index (χ3v) is 3.50. The SMILES string of the molecule is CCCCOC(=O)C[C@H](OC(=O)[C@H](C)OC(C)=O)C(=O)ON1C(=O)CCC1=O. The fourth-order valence-electron chi connectivity index (χ4n) is 2.05. The fraction of sp³-hybridized carbons (Fsp3) is 0.647. The van der Waals surface area contributed by atoms with Crippen LogP contribution >= 0.6 is 0 Å². The maximum atomic E-state index is 12.3. The van der Waals surface area contributed by atoms with E-state index in [9.17, 15) is 28.8 Å². The first-order valence-corrected chi connectivity index (χ1v) is 8.76. The molecule has 1 aliphatic rings. The molecule has 1 heterocycles. The molecule has 0 bridgehead atoms. The average Bonchev–Trinajstić information content (AvgIpc) is 2.92. The number of hydrogen-bond acceptors (Lipinski definition) is 10. The summed E-state index contributed by atoms with van der Waals surface area (Å²) in [5.41, 5.74) is 0. The van der Waals surface area contributed by atoms with Crippen molar-refractivity contribution in [3.63, 3.8) is 0 Å². The lowest BCUT2D eigenvalue weighted by atomic mass is 10.2. The van der Waals surface area contributed by atoms with Crippen LogP contribution in [0.4, 0.5) is 0 Å². The van der Waals surface area contributed by atoms with E-state index < -0.39 is 54.3 Å². The highest BCUT2D eigenvalue weighted by Gasteiger charge is 2.38. The summed E-state index contributed by atoms with van der Waals surface area (Å²) in [6.07, 6.45) is -2.72. The molecule has 1 aliphatic heterocycles. The Bertz CT molecular complexity index is 628. The molecular weight excluding hydrogens is 378 g/mol. The number of amides is 2. The van der Waals surface area contributed by atoms with Gasteiger partial charge in [-0.15, -0.1) is 5.06 Å². The summed E-state index contributed by atoms with van der Waals surface area (Å²) in [6, 6.07) is 0. The first kappa shape index (κ1) is 23.1. The summed E-state index contributed by atoms with van der Waals surface area (Å²) < 4.78 is 14.4. The number of ether oxygens (including phenoxy) is 3. The number of esters is 3. The minimum atomic E-state index is -1.79. The van der Waals surface area contributed by atoms with E-state index in [4.69, 9.17) is 9.47 Å². The van der Waals surface area contributed by atoms with Gasteiger partial charge in [-0.05, 0) is 13.3 Å². The third-order valence-electron chi connectivity index (χ3n) is 3.50. The minimum absolute atomic E-state index is 0.109. The zero-order chi connectivity index (χ0) is 21.3. The van der Waals surface area contributed by atoms with Crippen LogP contribution in [0.1, 0.15) is 52.9 Å². The van der Waals surface area contributed by atoms with Gasteiger partial charge in [-0.2, -0.15) is 0 Å². The van der Waals surface area contributed by atoms with E-state index >= 15 is 0 Å². The molecule has 0 aliphatic carbocycles. The van der Waals surface area contributed by atoms with Crippen molar-refractivity contribution in [1.29, 1.82) is 0 Å². The zero-order valence-corrected chi connectivity index (χ0v) is 15.9. The molecule has 1 fully saturated rings. The largest absolute Gasteiger partial charge is 0.466 e. The van der Waals surface area contributed by atoms with Gasteiger partial charge >= 0.3 is 23.9 Å². The number of carbonyl (C=O) groups excluding carboxylic acids is 6. The molecule has 0 aromatic carbocycles. The van der Waals surface area contributed by atoms with Crippen molar-refractivity contribution in [2.45, 2.75) is 65.1 Å². The summed E-state index contributed by atoms with van der Waals surface area (Å²) >= 11 is 0. The van der Waals surface area contributed by atoms with Gasteiger partial charge in [-0.25, -0.2) is 9.59 Å². The van der Waals surface area contributed by atoms with Crippen LogP contribution in [-0.4, -0.2) is 59.6 Å². The van der Waals surface area contributed by atoms with Gasteiger partial charge in [0.25, 0.3) is 11.8 Å². The highest BCUT2D eigenvalue weighted by molar-refractivity contribution is 6.02. The summed E-state index contributed by atoms with van der Waals surface area (Å²) in [5.74, 6) is -5.49. The molecular formula is C17H23NO10. The molecule has 0 radical (unpaired) electrons. The minimum Gasteiger partial charge on any atom is -0.466 e. The second-order valence-electron chi connectivity index (χ2n) is 5.95. The molecule has 28 heavy (non-hydrogen) atoms. The van der Waals surface area contributed by atoms with E-state index in [2.05, 4.69) is 9.57 Å². The standard InChI is InChI=1S/C17H23NO10/c1-4-5-8-25-15(22)9-12(27-16(23)10(2)26-11(3)19)17(24)28-18-13(20)6-7-14(18)21/h10,12H,4-9H2,1-3H3/t10-,12-/m0/s1. The van der Waals surface area contributed by atoms with Crippen LogP contribution in [-0.2, 0) is 47.8 Å². The molecule has 0 N–H and O–H groups in total. The lowest BCUT2D eigenvalue weighted by Crippen LogP contribution is -2.41. The van der Waals surface area contributed by atoms with Crippen LogP contribution in [0.15, 0.2) is 0 Å². The van der Waals surface area contributed by atoms with Gasteiger partial charge in [0.05, 0.1) is 13.0 Å². The van der Waals surface area contributed by atoms with Gasteiger partial charge in [0, 0.05) is 19.8 Å². The molecule has 156 valence electrons. The van der Waals surface area contributed by atoms with Crippen molar-refractivity contribution in [1.82, 2.24) is 5.06 Å². The highest BCUT2D eigenvalue weighted by atomic mass is 16.7. The van der Waals surface area contributed by atoms with Crippen molar-refractivity contribution in [3.8, 4) is 0 Å². The lowest BCUT2D eigenvalue weighted by Gasteiger charge is -2.20. The van der Waals surface area contributed by atoms with Crippen LogP contribution < -0.4 is 0 Å². The molecule has 0 spiro atoms. The van der Waals surface area contributed by atoms with Crippen molar-refractivity contribution >= 4 is 35.7 Å². The molecule has 0 unspecified atom stereocenters. The Balaban J connectivity index is 2.80. The van der Waals surface area contributed by atoms with Gasteiger partial charge < -0.3 is 19.0 Å². The second-order valence-corrected chi connectivity index (χ2v) is 5.95. The summed E-state index contributed by atoms with van der Waals surface area (Å²) in [4.78, 5) is 74.9. The molecule has 0 saturated carbocycles. The molecule has 0 aromatic rings. The van der Waals surface area contributed by atoms with E-state index in [-0.39, 0.29) is 24.5 Å². The molecule has 0 aromatic heterocycles. The number of imide groups is 1. The van der Waals surface area contributed by atoms with Crippen molar-refractivity contribution in [2.24, 2.45) is 0 Å². The predicted octanol–water partition coefficient (Wildman–Crippen LogP) is 0.190. The molecule has 1 saturated heterocycles. The maximum Gasteiger partial charge on any atom is 0.374 e. The van der Waals surface area contributed by atoms with Gasteiger partial charge in [-0.1, -0.05) is 13.3 Å². The normalized spacial score (nSPS) is 15.6. The van der Waals surface area contributed by atoms with E-state index in [1.54, 1.807) is 0 Å². The third kappa shape index (κ3) is 7.33. The van der Waals surface area contributed by atoms with Crippen molar-refractivity contribution < 1.29 is 47.8 Å². The van der Waals surface area contributed by atoms with Crippen LogP contribution in [0.3, 0.4) is 0 Å². The van der Waals surface area contributed by atoms with Crippen LogP contribution in [0.25, 0.3) is 0 Å². The second kappa shape index (κ2) is 11.0. The highest BCUT2D eigenvalue weighted by Crippen LogP contribution is 2.15. The molecule has 1 rings (SSSR count). The van der Waals surface area contributed by atoms with Gasteiger partial charge in [-0.3, -0.25) is 19.2 Å². The number of hydroxylamine groups is 2. The number of hydrogen-bond donors (Lipinski definition) is 0. The lowest BCUT2D eigenvalue weighted by molar-refractivity contribution is -0.208. The van der Waals surface area contributed by atoms with Gasteiger partial charge in [0.15, 0.2) is 6.10 Å². The van der Waals surface area contributed by atoms with E-state index in [1.165, 1.54) is 6.92 Å². The molecule has 11 nitrogen and oxygen atoms in total. The Morgan fingerprint density at radius 3 is 2.18 bits per heavy atom. The van der Waals surface area contributed by atoms with Crippen molar-refractivity contribution in [2.75, 3.05) is 6.61 Å². The Morgan fingerprint density at radius 2 is 1.64 bits per heavy atom. The predicted molar refractivity (Wildman–Crippen MR) is 88.8 cm³/mol. The van der Waals surface area contributed by atoms with E-state index in [0.29, 0.717) is 6.42 Å². The first-order chi connectivity index (χ1) is 13.1. The number of rotatable bonds is 10. The fourth-order valence-corrected chi connectivity index (χ4v) is 2.05. The molecule has 11 heteroatoms. The van der Waals surface area contributed by atoms with Crippen LogP contribution in [0, 0.1) is 0 Å². The van der Waals surface area contributed by atoms with E-state index in [1.807, 2.05) is 6.92 Å². The van der Waals surface area contributed by atoms with Crippen molar-refractivity contribution in [3.05, 3.63) is 0 Å². The number of carbonyl (C=O) groups is 6. The Hall–Kier alpha value is -2.98. The number of unbranched alkanes of at least 4 members (excludes halogenated alkanes) is 1. The van der Waals surface area contributed by atoms with Crippen LogP contribution in [0.2, 0.25) is 0 Å². The summed E-state index contributed by atoms with van der Waals surface area (Å²) in [7, 11) is 0. The average molecular weight is 401 g/mol. The quantitative estimate of drug-likeness (QED) is 0.215. The molecule has 2 atom stereocenters. The Kier molecular flexibility index (Phi) is 9.06. The Morgan fingerprint density at radius 1 is 1.04 bits per heavy atom. The topological polar surface area (TPSA) is 143 Å². The maximum absolute atomic E-state index is 12.3. The monoisotopic (exact) mass is 401 g/mol. The summed E-state index contributed by atoms with van der Waals surface area (Å²) in [6.45, 7) is 4.28. The van der Waals surface area contributed by atoms with Gasteiger partial charge in [0.1, 0.15) is 0 Å². The number of nitrogens with zero attached hydrogens (tertiary/aromatic N) is 1. The summed E-state index contributed by atoms with van der Waals surface area (Å²) in [5, 5.41) is 0.265.